The lowest BCUT2D eigenvalue weighted by Gasteiger charge is -2.26. The second-order valence-corrected chi connectivity index (χ2v) is 6.99. The van der Waals surface area contributed by atoms with E-state index in [0.29, 0.717) is 10.8 Å². The van der Waals surface area contributed by atoms with E-state index in [1.165, 1.54) is 10.4 Å². The molecule has 4 heteroatoms. The normalized spacial score (nSPS) is 16.3. The topological polar surface area (TPSA) is 39.1 Å². The van der Waals surface area contributed by atoms with Crippen molar-refractivity contribution < 1.29 is 8.42 Å². The maximum absolute atomic E-state index is 12.6. The summed E-state index contributed by atoms with van der Waals surface area (Å²) >= 11 is 0. The zero-order valence-corrected chi connectivity index (χ0v) is 11.7. The number of hydrogen-bond acceptors (Lipinski definition) is 2. The second-order valence-electron chi connectivity index (χ2n) is 5.17. The molecule has 1 saturated carbocycles. The van der Waals surface area contributed by atoms with Crippen LogP contribution in [-0.4, -0.2) is 12.4 Å². The van der Waals surface area contributed by atoms with Crippen LogP contribution in [0.25, 0.3) is 0 Å². The molecule has 1 aliphatic carbocycles. The highest BCUT2D eigenvalue weighted by Gasteiger charge is 2.27. The van der Waals surface area contributed by atoms with Gasteiger partial charge in [-0.1, -0.05) is 24.1 Å². The average Bonchev–Trinajstić information content (AvgIpc) is 2.77. The first-order valence-corrected chi connectivity index (χ1v) is 8.02. The lowest BCUT2D eigenvalue weighted by Crippen LogP contribution is -2.20. The van der Waals surface area contributed by atoms with E-state index in [4.69, 9.17) is 0 Å². The molecule has 1 fully saturated rings. The van der Waals surface area contributed by atoms with Crippen LogP contribution in [0.5, 0.6) is 0 Å². The fourth-order valence-corrected chi connectivity index (χ4v) is 3.87. The maximum atomic E-state index is 12.6. The Kier molecular flexibility index (Phi) is 2.97. The summed E-state index contributed by atoms with van der Waals surface area (Å²) in [6, 6.07) is 10.8. The molecule has 0 bridgehead atoms. The van der Waals surface area contributed by atoms with Gasteiger partial charge in [-0.05, 0) is 44.0 Å². The summed E-state index contributed by atoms with van der Waals surface area (Å²) in [5.74, 6) is 0.398. The molecule has 1 aromatic carbocycles. The molecule has 0 aliphatic heterocycles. The van der Waals surface area contributed by atoms with Gasteiger partial charge in [0.2, 0.25) is 0 Å². The molecule has 0 saturated heterocycles. The van der Waals surface area contributed by atoms with Gasteiger partial charge in [0.1, 0.15) is 0 Å². The van der Waals surface area contributed by atoms with Gasteiger partial charge in [0.05, 0.1) is 4.90 Å². The monoisotopic (exact) mass is 275 g/mol. The summed E-state index contributed by atoms with van der Waals surface area (Å²) in [5, 5.41) is 0. The van der Waals surface area contributed by atoms with Crippen LogP contribution in [0.4, 0.5) is 0 Å². The summed E-state index contributed by atoms with van der Waals surface area (Å²) in [4.78, 5) is 0.356. The molecule has 2 aromatic rings. The van der Waals surface area contributed by atoms with Crippen LogP contribution in [-0.2, 0) is 10.0 Å². The minimum atomic E-state index is -3.45. The lowest BCUT2D eigenvalue weighted by molar-refractivity contribution is 0.408. The average molecular weight is 275 g/mol. The molecule has 0 spiro atoms. The van der Waals surface area contributed by atoms with Gasteiger partial charge >= 0.3 is 0 Å². The molecular weight excluding hydrogens is 258 g/mol. The van der Waals surface area contributed by atoms with Crippen molar-refractivity contribution in [3.8, 4) is 0 Å². The summed E-state index contributed by atoms with van der Waals surface area (Å²) in [5.41, 5.74) is 1.98. The predicted molar refractivity (Wildman–Crippen MR) is 74.8 cm³/mol. The Hall–Kier alpha value is -1.55. The van der Waals surface area contributed by atoms with Crippen LogP contribution in [0.3, 0.4) is 0 Å². The van der Waals surface area contributed by atoms with Crippen molar-refractivity contribution >= 4 is 10.0 Å². The molecule has 19 heavy (non-hydrogen) atoms. The number of aryl methyl sites for hydroxylation is 1. The molecule has 0 unspecified atom stereocenters. The third-order valence-corrected chi connectivity index (χ3v) is 5.56. The number of hydrogen-bond donors (Lipinski definition) is 0. The molecule has 3 nitrogen and oxygen atoms in total. The first-order chi connectivity index (χ1) is 9.09. The molecule has 0 atom stereocenters. The molecular formula is C15H17NO2S. The zero-order chi connectivity index (χ0) is 13.5. The van der Waals surface area contributed by atoms with E-state index in [9.17, 15) is 8.42 Å². The van der Waals surface area contributed by atoms with Crippen LogP contribution >= 0.6 is 0 Å². The molecule has 100 valence electrons. The fraction of sp³-hybridized carbons (Fsp3) is 0.333. The van der Waals surface area contributed by atoms with Gasteiger partial charge in [-0.3, -0.25) is 0 Å². The van der Waals surface area contributed by atoms with Crippen LogP contribution in [0.2, 0.25) is 0 Å². The van der Waals surface area contributed by atoms with Crippen molar-refractivity contribution in [3.05, 3.63) is 53.9 Å². The van der Waals surface area contributed by atoms with Gasteiger partial charge in [-0.15, -0.1) is 0 Å². The maximum Gasteiger partial charge on any atom is 0.267 e. The standard InChI is InChI=1S/C15H17NO2S/c1-12-7-9-14(10-8-12)19(17,18)16-11-3-6-15(16)13-4-2-5-13/h3,6-11,13H,2,4-5H2,1H3. The highest BCUT2D eigenvalue weighted by atomic mass is 32.2. The quantitative estimate of drug-likeness (QED) is 0.862. The van der Waals surface area contributed by atoms with E-state index in [2.05, 4.69) is 0 Å². The molecule has 1 aromatic heterocycles. The third kappa shape index (κ3) is 2.10. The summed E-state index contributed by atoms with van der Waals surface area (Å²) in [6.07, 6.45) is 5.03. The van der Waals surface area contributed by atoms with E-state index in [-0.39, 0.29) is 0 Å². The van der Waals surface area contributed by atoms with Gasteiger partial charge < -0.3 is 0 Å². The highest BCUT2D eigenvalue weighted by Crippen LogP contribution is 2.37. The van der Waals surface area contributed by atoms with Crippen molar-refractivity contribution in [3.63, 3.8) is 0 Å². The van der Waals surface area contributed by atoms with Crippen molar-refractivity contribution in [2.45, 2.75) is 37.0 Å². The van der Waals surface area contributed by atoms with Gasteiger partial charge in [0.25, 0.3) is 10.0 Å². The van der Waals surface area contributed by atoms with Crippen LogP contribution in [0.1, 0.15) is 36.4 Å². The van der Waals surface area contributed by atoms with Crippen LogP contribution < -0.4 is 0 Å². The molecule has 0 radical (unpaired) electrons. The SMILES string of the molecule is Cc1ccc(S(=O)(=O)n2cccc2C2CCC2)cc1. The van der Waals surface area contributed by atoms with Crippen LogP contribution in [0.15, 0.2) is 47.5 Å². The summed E-state index contributed by atoms with van der Waals surface area (Å²) < 4.78 is 26.7. The first kappa shape index (κ1) is 12.5. The Morgan fingerprint density at radius 1 is 1.11 bits per heavy atom. The van der Waals surface area contributed by atoms with Crippen molar-refractivity contribution in [1.82, 2.24) is 3.97 Å². The van der Waals surface area contributed by atoms with E-state index < -0.39 is 10.0 Å². The van der Waals surface area contributed by atoms with E-state index in [0.717, 1.165) is 24.1 Å². The lowest BCUT2D eigenvalue weighted by atomic mass is 9.83. The molecule has 1 heterocycles. The first-order valence-electron chi connectivity index (χ1n) is 6.58. The smallest absolute Gasteiger partial charge is 0.246 e. The predicted octanol–water partition coefficient (Wildman–Crippen LogP) is 3.30. The number of rotatable bonds is 3. The van der Waals surface area contributed by atoms with Crippen LogP contribution in [0, 0.1) is 6.92 Å². The molecule has 3 rings (SSSR count). The summed E-state index contributed by atoms with van der Waals surface area (Å²) in [6.45, 7) is 1.95. The zero-order valence-electron chi connectivity index (χ0n) is 10.9. The van der Waals surface area contributed by atoms with E-state index in [1.807, 2.05) is 31.2 Å². The Morgan fingerprint density at radius 3 is 2.37 bits per heavy atom. The largest absolute Gasteiger partial charge is 0.267 e. The van der Waals surface area contributed by atoms with Crippen molar-refractivity contribution in [2.75, 3.05) is 0 Å². The van der Waals surface area contributed by atoms with Gasteiger partial charge in [0.15, 0.2) is 0 Å². The number of benzene rings is 1. The van der Waals surface area contributed by atoms with Crippen molar-refractivity contribution in [2.24, 2.45) is 0 Å². The minimum absolute atomic E-state index is 0.356. The summed E-state index contributed by atoms with van der Waals surface area (Å²) in [7, 11) is -3.45. The highest BCUT2D eigenvalue weighted by molar-refractivity contribution is 7.90. The third-order valence-electron chi connectivity index (χ3n) is 3.84. The van der Waals surface area contributed by atoms with E-state index in [1.54, 1.807) is 18.3 Å². The number of nitrogens with zero attached hydrogens (tertiary/aromatic N) is 1. The van der Waals surface area contributed by atoms with Gasteiger partial charge in [-0.25, -0.2) is 12.4 Å². The Bertz CT molecular complexity index is 679. The molecule has 0 N–H and O–H groups in total. The minimum Gasteiger partial charge on any atom is -0.246 e. The molecule has 1 aliphatic rings. The van der Waals surface area contributed by atoms with Gasteiger partial charge in [-0.2, -0.15) is 0 Å². The van der Waals surface area contributed by atoms with E-state index >= 15 is 0 Å². The Balaban J connectivity index is 2.05. The Labute approximate surface area is 113 Å². The Morgan fingerprint density at radius 2 is 1.79 bits per heavy atom. The number of aromatic nitrogens is 1. The second kappa shape index (κ2) is 4.53. The fourth-order valence-electron chi connectivity index (χ4n) is 2.44. The van der Waals surface area contributed by atoms with Gasteiger partial charge in [0, 0.05) is 17.8 Å². The molecule has 0 amide bonds. The van der Waals surface area contributed by atoms with Crippen molar-refractivity contribution in [1.29, 1.82) is 0 Å².